The standard InChI is InChI=1S/C4H8O2Si/c1-2-3(7)4(5)6/h2H,1,7H3,(H,5,6). The predicted molar refractivity (Wildman–Crippen MR) is 31.3 cm³/mol. The minimum Gasteiger partial charge on any atom is -0.478 e. The first-order valence-electron chi connectivity index (χ1n) is 2.04. The molecule has 3 heteroatoms. The highest BCUT2D eigenvalue weighted by molar-refractivity contribution is 6.34. The van der Waals surface area contributed by atoms with E-state index in [9.17, 15) is 4.79 Å². The summed E-state index contributed by atoms with van der Waals surface area (Å²) < 4.78 is 0. The predicted octanol–water partition coefficient (Wildman–Crippen LogP) is -0.660. The molecular formula is C4H8O2Si. The lowest BCUT2D eigenvalue weighted by atomic mass is 10.5. The zero-order chi connectivity index (χ0) is 5.86. The lowest BCUT2D eigenvalue weighted by Gasteiger charge is -1.84. The topological polar surface area (TPSA) is 37.3 Å². The van der Waals surface area contributed by atoms with E-state index in [0.717, 1.165) is 0 Å². The average molecular weight is 116 g/mol. The van der Waals surface area contributed by atoms with Crippen LogP contribution < -0.4 is 0 Å². The first kappa shape index (κ1) is 6.43. The highest BCUT2D eigenvalue weighted by Crippen LogP contribution is 1.82. The Morgan fingerprint density at radius 2 is 2.29 bits per heavy atom. The fourth-order valence-electron chi connectivity index (χ4n) is 0.123. The molecule has 0 spiro atoms. The molecule has 0 rings (SSSR count). The van der Waals surface area contributed by atoms with Crippen molar-refractivity contribution in [1.29, 1.82) is 0 Å². The summed E-state index contributed by atoms with van der Waals surface area (Å²) in [7, 11) is 0.636. The van der Waals surface area contributed by atoms with Gasteiger partial charge in [-0.15, -0.1) is 0 Å². The Hall–Kier alpha value is -0.573. The highest BCUT2D eigenvalue weighted by Gasteiger charge is 1.93. The van der Waals surface area contributed by atoms with Crippen LogP contribution in [-0.2, 0) is 4.79 Å². The molecule has 0 saturated heterocycles. The molecule has 0 aliphatic carbocycles. The molecule has 0 fully saturated rings. The highest BCUT2D eigenvalue weighted by atomic mass is 28.1. The largest absolute Gasteiger partial charge is 0.478 e. The van der Waals surface area contributed by atoms with E-state index in [4.69, 9.17) is 5.11 Å². The Balaban J connectivity index is 3.82. The molecule has 0 atom stereocenters. The third kappa shape index (κ3) is 2.16. The van der Waals surface area contributed by atoms with Gasteiger partial charge < -0.3 is 5.11 Å². The lowest BCUT2D eigenvalue weighted by Crippen LogP contribution is -1.98. The maximum Gasteiger partial charge on any atom is 0.326 e. The van der Waals surface area contributed by atoms with Gasteiger partial charge in [0.05, 0.1) is 0 Å². The smallest absolute Gasteiger partial charge is 0.326 e. The Morgan fingerprint density at radius 3 is 2.29 bits per heavy atom. The van der Waals surface area contributed by atoms with Crippen LogP contribution in [-0.4, -0.2) is 21.3 Å². The third-order valence-corrected chi connectivity index (χ3v) is 1.78. The van der Waals surface area contributed by atoms with Gasteiger partial charge in [0, 0.05) is 15.4 Å². The molecule has 0 unspecified atom stereocenters. The van der Waals surface area contributed by atoms with E-state index in [2.05, 4.69) is 0 Å². The normalized spacial score (nSPS) is 11.9. The number of hydrogen-bond donors (Lipinski definition) is 1. The van der Waals surface area contributed by atoms with Gasteiger partial charge in [-0.3, -0.25) is 0 Å². The molecule has 0 aliphatic heterocycles. The molecule has 0 aromatic carbocycles. The van der Waals surface area contributed by atoms with Gasteiger partial charge >= 0.3 is 5.97 Å². The van der Waals surface area contributed by atoms with Crippen molar-refractivity contribution in [2.24, 2.45) is 0 Å². The van der Waals surface area contributed by atoms with Gasteiger partial charge in [0.2, 0.25) is 0 Å². The van der Waals surface area contributed by atoms with E-state index < -0.39 is 5.97 Å². The maximum absolute atomic E-state index is 9.90. The molecule has 0 aromatic heterocycles. The second kappa shape index (κ2) is 2.57. The number of carbonyl (C=O) groups is 1. The van der Waals surface area contributed by atoms with Crippen molar-refractivity contribution in [2.75, 3.05) is 0 Å². The van der Waals surface area contributed by atoms with Crippen molar-refractivity contribution in [3.05, 3.63) is 11.3 Å². The fourth-order valence-corrected chi connectivity index (χ4v) is 0.123. The van der Waals surface area contributed by atoms with Crippen molar-refractivity contribution in [3.8, 4) is 0 Å². The molecule has 0 bridgehead atoms. The summed E-state index contributed by atoms with van der Waals surface area (Å²) in [6.07, 6.45) is 1.62. The first-order chi connectivity index (χ1) is 3.18. The van der Waals surface area contributed by atoms with E-state index in [0.29, 0.717) is 15.4 Å². The average Bonchev–Trinajstić information content (AvgIpc) is 1.65. The van der Waals surface area contributed by atoms with Crippen LogP contribution in [0.25, 0.3) is 0 Å². The van der Waals surface area contributed by atoms with Gasteiger partial charge in [-0.2, -0.15) is 0 Å². The monoisotopic (exact) mass is 116 g/mol. The summed E-state index contributed by atoms with van der Waals surface area (Å²) in [6.45, 7) is 1.73. The third-order valence-electron chi connectivity index (χ3n) is 0.770. The molecule has 40 valence electrons. The number of allylic oxidation sites excluding steroid dienone is 1. The van der Waals surface area contributed by atoms with E-state index in [1.165, 1.54) is 0 Å². The Kier molecular flexibility index (Phi) is 2.36. The van der Waals surface area contributed by atoms with Gasteiger partial charge in [0.1, 0.15) is 0 Å². The fraction of sp³-hybridized carbons (Fsp3) is 0.250. The first-order valence-corrected chi connectivity index (χ1v) is 3.04. The molecule has 0 amide bonds. The zero-order valence-corrected chi connectivity index (χ0v) is 6.43. The van der Waals surface area contributed by atoms with E-state index in [1.807, 2.05) is 0 Å². The van der Waals surface area contributed by atoms with Crippen molar-refractivity contribution in [1.82, 2.24) is 0 Å². The maximum atomic E-state index is 9.90. The van der Waals surface area contributed by atoms with Crippen molar-refractivity contribution < 1.29 is 9.90 Å². The van der Waals surface area contributed by atoms with Crippen LogP contribution in [0, 0.1) is 0 Å². The number of hydrogen-bond acceptors (Lipinski definition) is 1. The van der Waals surface area contributed by atoms with Crippen LogP contribution in [0.2, 0.25) is 0 Å². The molecule has 1 N–H and O–H groups in total. The van der Waals surface area contributed by atoms with E-state index in [1.54, 1.807) is 13.0 Å². The summed E-state index contributed by atoms with van der Waals surface area (Å²) in [5.74, 6) is -0.783. The Bertz CT molecular complexity index is 106. The van der Waals surface area contributed by atoms with E-state index in [-0.39, 0.29) is 0 Å². The summed E-state index contributed by atoms with van der Waals surface area (Å²) in [4.78, 5) is 9.90. The number of aliphatic carboxylic acids is 1. The minimum absolute atomic E-state index is 0.528. The van der Waals surface area contributed by atoms with Gasteiger partial charge in [0.15, 0.2) is 0 Å². The van der Waals surface area contributed by atoms with Gasteiger partial charge in [-0.1, -0.05) is 6.08 Å². The van der Waals surface area contributed by atoms with E-state index >= 15 is 0 Å². The zero-order valence-electron chi connectivity index (χ0n) is 4.43. The molecule has 0 aliphatic rings. The van der Waals surface area contributed by atoms with Crippen LogP contribution >= 0.6 is 0 Å². The second-order valence-corrected chi connectivity index (χ2v) is 2.35. The molecule has 0 saturated carbocycles. The molecular weight excluding hydrogens is 108 g/mol. The SMILES string of the molecule is CC=C([SiH3])C(=O)O. The molecule has 7 heavy (non-hydrogen) atoms. The number of rotatable bonds is 1. The quantitative estimate of drug-likeness (QED) is 0.365. The second-order valence-electron chi connectivity index (χ2n) is 1.28. The van der Waals surface area contributed by atoms with Crippen LogP contribution in [0.3, 0.4) is 0 Å². The van der Waals surface area contributed by atoms with Crippen molar-refractivity contribution in [2.45, 2.75) is 6.92 Å². The lowest BCUT2D eigenvalue weighted by molar-refractivity contribution is -0.131. The van der Waals surface area contributed by atoms with Crippen molar-refractivity contribution >= 4 is 16.2 Å². The molecule has 0 radical (unpaired) electrons. The molecule has 2 nitrogen and oxygen atoms in total. The van der Waals surface area contributed by atoms with Crippen LogP contribution in [0.5, 0.6) is 0 Å². The molecule has 0 heterocycles. The van der Waals surface area contributed by atoms with Crippen molar-refractivity contribution in [3.63, 3.8) is 0 Å². The minimum atomic E-state index is -0.783. The summed E-state index contributed by atoms with van der Waals surface area (Å²) in [5.41, 5.74) is 0. The Labute approximate surface area is 45.3 Å². The molecule has 0 aromatic rings. The van der Waals surface area contributed by atoms with Crippen LogP contribution in [0.4, 0.5) is 0 Å². The van der Waals surface area contributed by atoms with Crippen LogP contribution in [0.15, 0.2) is 11.3 Å². The van der Waals surface area contributed by atoms with Gasteiger partial charge in [-0.05, 0) is 6.92 Å². The number of carboxylic acid groups (broad SMARTS) is 1. The number of carboxylic acids is 1. The summed E-state index contributed by atoms with van der Waals surface area (Å²) in [6, 6.07) is 0. The van der Waals surface area contributed by atoms with Gasteiger partial charge in [-0.25, -0.2) is 4.79 Å². The van der Waals surface area contributed by atoms with Gasteiger partial charge in [0.25, 0.3) is 0 Å². The van der Waals surface area contributed by atoms with Crippen LogP contribution in [0.1, 0.15) is 6.92 Å². The summed E-state index contributed by atoms with van der Waals surface area (Å²) in [5, 5.41) is 8.68. The summed E-state index contributed by atoms with van der Waals surface area (Å²) >= 11 is 0. The Morgan fingerprint density at radius 1 is 1.86 bits per heavy atom.